The quantitative estimate of drug-likeness (QED) is 0.549. The lowest BCUT2D eigenvalue weighted by atomic mass is 10.0. The maximum absolute atomic E-state index is 12.0. The average Bonchev–Trinajstić information content (AvgIpc) is 2.65. The van der Waals surface area contributed by atoms with Crippen LogP contribution in [0.5, 0.6) is 5.75 Å². The largest absolute Gasteiger partial charge is 0.493 e. The Morgan fingerprint density at radius 2 is 1.96 bits per heavy atom. The molecule has 1 N–H and O–H groups in total. The number of fused-ring (bicyclic) bond motifs is 1. The van der Waals surface area contributed by atoms with Crippen LogP contribution in [0.3, 0.4) is 0 Å². The molecule has 0 saturated heterocycles. The highest BCUT2D eigenvalue weighted by atomic mass is 16.5. The molecule has 132 valence electrons. The Bertz CT molecular complexity index is 1010. The molecule has 1 aromatic heterocycles. The number of benzene rings is 2. The number of nitrogens with one attached hydrogen (secondary N) is 1. The van der Waals surface area contributed by atoms with Gasteiger partial charge in [-0.05, 0) is 29.8 Å². The van der Waals surface area contributed by atoms with Crippen LogP contribution >= 0.6 is 0 Å². The van der Waals surface area contributed by atoms with Crippen molar-refractivity contribution in [2.45, 2.75) is 13.5 Å². The summed E-state index contributed by atoms with van der Waals surface area (Å²) in [6.45, 7) is 2.35. The molecule has 0 bridgehead atoms. The lowest BCUT2D eigenvalue weighted by molar-refractivity contribution is -0.121. The molecule has 0 spiro atoms. The Labute approximate surface area is 150 Å². The van der Waals surface area contributed by atoms with Crippen LogP contribution in [-0.4, -0.2) is 23.3 Å². The van der Waals surface area contributed by atoms with E-state index in [1.807, 2.05) is 43.3 Å². The van der Waals surface area contributed by atoms with Gasteiger partial charge in [0.05, 0.1) is 12.8 Å². The Kier molecular flexibility index (Phi) is 5.43. The van der Waals surface area contributed by atoms with Crippen molar-refractivity contribution in [1.29, 1.82) is 0 Å². The molecule has 1 heterocycles. The first-order valence-corrected chi connectivity index (χ1v) is 8.31. The van der Waals surface area contributed by atoms with Gasteiger partial charge in [0.25, 0.3) is 11.5 Å². The van der Waals surface area contributed by atoms with Crippen molar-refractivity contribution in [1.82, 2.24) is 9.99 Å². The molecular weight excluding hydrogens is 330 g/mol. The number of ether oxygens (including phenoxy) is 1. The van der Waals surface area contributed by atoms with Gasteiger partial charge in [-0.15, -0.1) is 0 Å². The van der Waals surface area contributed by atoms with Gasteiger partial charge >= 0.3 is 0 Å². The van der Waals surface area contributed by atoms with E-state index in [1.54, 1.807) is 24.5 Å². The van der Waals surface area contributed by atoms with Gasteiger partial charge in [-0.25, -0.2) is 5.43 Å². The minimum atomic E-state index is -0.382. The van der Waals surface area contributed by atoms with Crippen LogP contribution in [0, 0.1) is 0 Å². The van der Waals surface area contributed by atoms with E-state index in [-0.39, 0.29) is 18.0 Å². The first-order valence-electron chi connectivity index (χ1n) is 8.31. The highest BCUT2D eigenvalue weighted by molar-refractivity contribution is 6.02. The molecule has 1 amide bonds. The van der Waals surface area contributed by atoms with E-state index in [9.17, 15) is 9.59 Å². The van der Waals surface area contributed by atoms with Gasteiger partial charge in [0.2, 0.25) is 0 Å². The molecule has 6 nitrogen and oxygen atoms in total. The van der Waals surface area contributed by atoms with Crippen molar-refractivity contribution in [2.24, 2.45) is 5.10 Å². The van der Waals surface area contributed by atoms with E-state index in [0.717, 1.165) is 16.3 Å². The smallest absolute Gasteiger partial charge is 0.260 e. The van der Waals surface area contributed by atoms with E-state index < -0.39 is 0 Å². The van der Waals surface area contributed by atoms with Crippen LogP contribution in [0.4, 0.5) is 0 Å². The number of nitrogens with zero attached hydrogens (tertiary/aromatic N) is 2. The van der Waals surface area contributed by atoms with Gasteiger partial charge in [-0.2, -0.15) is 5.10 Å². The summed E-state index contributed by atoms with van der Waals surface area (Å²) in [6.07, 6.45) is 3.13. The van der Waals surface area contributed by atoms with E-state index in [2.05, 4.69) is 10.5 Å². The second-order valence-corrected chi connectivity index (χ2v) is 5.59. The standard InChI is InChI=1S/C20H19N3O3/c1-2-26-18-11-10-15-7-3-4-8-16(15)17(18)13-21-22-19(24)14-23-12-6-5-9-20(23)25/h3-13H,2,14H2,1H3,(H,22,24)/b21-13-. The van der Waals surface area contributed by atoms with Gasteiger partial charge in [0.15, 0.2) is 0 Å². The van der Waals surface area contributed by atoms with Crippen molar-refractivity contribution < 1.29 is 9.53 Å². The SMILES string of the molecule is CCOc1ccc2ccccc2c1/C=N\NC(=O)Cn1ccccc1=O. The minimum Gasteiger partial charge on any atom is -0.493 e. The van der Waals surface area contributed by atoms with Gasteiger partial charge in [-0.1, -0.05) is 36.4 Å². The van der Waals surface area contributed by atoms with Crippen LogP contribution in [0.2, 0.25) is 0 Å². The highest BCUT2D eigenvalue weighted by Gasteiger charge is 2.07. The molecule has 0 aliphatic heterocycles. The maximum atomic E-state index is 12.0. The molecule has 0 saturated carbocycles. The Morgan fingerprint density at radius 1 is 1.15 bits per heavy atom. The Morgan fingerprint density at radius 3 is 2.77 bits per heavy atom. The van der Waals surface area contributed by atoms with Gasteiger partial charge in [-0.3, -0.25) is 9.59 Å². The summed E-state index contributed by atoms with van der Waals surface area (Å²) in [5.41, 5.74) is 3.01. The zero-order chi connectivity index (χ0) is 18.4. The average molecular weight is 349 g/mol. The normalized spacial score (nSPS) is 11.0. The van der Waals surface area contributed by atoms with Gasteiger partial charge in [0.1, 0.15) is 12.3 Å². The number of amides is 1. The van der Waals surface area contributed by atoms with E-state index in [1.165, 1.54) is 10.6 Å². The summed E-state index contributed by atoms with van der Waals surface area (Å²) in [5.74, 6) is 0.316. The number of carbonyl (C=O) groups is 1. The molecule has 0 fully saturated rings. The first-order chi connectivity index (χ1) is 12.7. The summed E-state index contributed by atoms with van der Waals surface area (Å²) < 4.78 is 6.98. The fourth-order valence-electron chi connectivity index (χ4n) is 2.64. The number of pyridine rings is 1. The first kappa shape index (κ1) is 17.4. The van der Waals surface area contributed by atoms with Crippen molar-refractivity contribution >= 4 is 22.9 Å². The summed E-state index contributed by atoms with van der Waals surface area (Å²) in [4.78, 5) is 23.7. The number of rotatable bonds is 6. The van der Waals surface area contributed by atoms with Crippen LogP contribution in [0.1, 0.15) is 12.5 Å². The third-order valence-corrected chi connectivity index (χ3v) is 3.83. The zero-order valence-electron chi connectivity index (χ0n) is 14.4. The van der Waals surface area contributed by atoms with E-state index in [0.29, 0.717) is 12.4 Å². The summed E-state index contributed by atoms with van der Waals surface area (Å²) in [6, 6.07) is 16.5. The predicted octanol–water partition coefficient (Wildman–Crippen LogP) is 2.55. The number of hydrazone groups is 1. The molecule has 0 unspecified atom stereocenters. The summed E-state index contributed by atoms with van der Waals surface area (Å²) in [5, 5.41) is 6.08. The van der Waals surface area contributed by atoms with Gasteiger partial charge < -0.3 is 9.30 Å². The lowest BCUT2D eigenvalue weighted by Crippen LogP contribution is -2.29. The molecule has 3 aromatic rings. The molecule has 26 heavy (non-hydrogen) atoms. The molecule has 0 aliphatic carbocycles. The number of hydrogen-bond donors (Lipinski definition) is 1. The Balaban J connectivity index is 1.79. The molecule has 0 radical (unpaired) electrons. The fraction of sp³-hybridized carbons (Fsp3) is 0.150. The molecule has 6 heteroatoms. The van der Waals surface area contributed by atoms with Crippen molar-refractivity contribution in [3.05, 3.63) is 76.7 Å². The minimum absolute atomic E-state index is 0.0924. The molecular formula is C20H19N3O3. The monoisotopic (exact) mass is 349 g/mol. The van der Waals surface area contributed by atoms with Crippen LogP contribution in [0.25, 0.3) is 10.8 Å². The predicted molar refractivity (Wildman–Crippen MR) is 102 cm³/mol. The third kappa shape index (κ3) is 3.97. The molecule has 2 aromatic carbocycles. The van der Waals surface area contributed by atoms with Gasteiger partial charge in [0, 0.05) is 17.8 Å². The number of carbonyl (C=O) groups excluding carboxylic acids is 1. The maximum Gasteiger partial charge on any atom is 0.260 e. The molecule has 3 rings (SSSR count). The second-order valence-electron chi connectivity index (χ2n) is 5.59. The topological polar surface area (TPSA) is 72.7 Å². The van der Waals surface area contributed by atoms with Crippen LogP contribution < -0.4 is 15.7 Å². The van der Waals surface area contributed by atoms with Crippen LogP contribution in [0.15, 0.2) is 70.7 Å². The number of aromatic nitrogens is 1. The van der Waals surface area contributed by atoms with Crippen molar-refractivity contribution in [3.63, 3.8) is 0 Å². The molecule has 0 atom stereocenters. The molecule has 0 aliphatic rings. The Hall–Kier alpha value is -3.41. The second kappa shape index (κ2) is 8.11. The highest BCUT2D eigenvalue weighted by Crippen LogP contribution is 2.26. The zero-order valence-corrected chi connectivity index (χ0v) is 14.4. The van der Waals surface area contributed by atoms with Crippen LogP contribution in [-0.2, 0) is 11.3 Å². The van der Waals surface area contributed by atoms with Crippen molar-refractivity contribution in [2.75, 3.05) is 6.61 Å². The summed E-state index contributed by atoms with van der Waals surface area (Å²) >= 11 is 0. The van der Waals surface area contributed by atoms with E-state index in [4.69, 9.17) is 4.74 Å². The number of hydrogen-bond acceptors (Lipinski definition) is 4. The fourth-order valence-corrected chi connectivity index (χ4v) is 2.64. The van der Waals surface area contributed by atoms with E-state index >= 15 is 0 Å². The van der Waals surface area contributed by atoms with Crippen molar-refractivity contribution in [3.8, 4) is 5.75 Å². The lowest BCUT2D eigenvalue weighted by Gasteiger charge is -2.10. The third-order valence-electron chi connectivity index (χ3n) is 3.83. The summed E-state index contributed by atoms with van der Waals surface area (Å²) in [7, 11) is 0.